The molecule has 0 aliphatic carbocycles. The lowest BCUT2D eigenvalue weighted by atomic mass is 10.1. The highest BCUT2D eigenvalue weighted by Gasteiger charge is 2.28. The van der Waals surface area contributed by atoms with Crippen molar-refractivity contribution in [1.29, 1.82) is 0 Å². The lowest BCUT2D eigenvalue weighted by Gasteiger charge is -2.24. The number of nitrogens with zero attached hydrogens (tertiary/aromatic N) is 3. The molecular formula is C27H26N4O8S. The minimum atomic E-state index is -1.08. The highest BCUT2D eigenvalue weighted by molar-refractivity contribution is 7.10. The molecule has 13 heteroatoms. The number of thiophene rings is 1. The van der Waals surface area contributed by atoms with Crippen molar-refractivity contribution in [3.8, 4) is 11.5 Å². The summed E-state index contributed by atoms with van der Waals surface area (Å²) < 4.78 is 10.7. The Kier molecular flexibility index (Phi) is 7.82. The molecule has 2 aliphatic rings. The molecule has 0 radical (unpaired) electrons. The summed E-state index contributed by atoms with van der Waals surface area (Å²) in [4.78, 5) is 53.1. The predicted molar refractivity (Wildman–Crippen MR) is 145 cm³/mol. The number of carboxylic acids is 1. The average molecular weight is 567 g/mol. The van der Waals surface area contributed by atoms with E-state index in [1.165, 1.54) is 29.5 Å². The minimum absolute atomic E-state index is 0.0526. The molecule has 5 rings (SSSR count). The molecule has 1 atom stereocenters. The zero-order chi connectivity index (χ0) is 28.2. The lowest BCUT2D eigenvalue weighted by molar-refractivity contribution is -0.384. The van der Waals surface area contributed by atoms with Gasteiger partial charge in [-0.05, 0) is 48.2 Å². The molecule has 2 N–H and O–H groups in total. The second kappa shape index (κ2) is 11.6. The zero-order valence-corrected chi connectivity index (χ0v) is 22.1. The van der Waals surface area contributed by atoms with E-state index in [1.807, 2.05) is 4.90 Å². The average Bonchev–Trinajstić information content (AvgIpc) is 3.59. The molecule has 1 unspecified atom stereocenters. The Bertz CT molecular complexity index is 1440. The van der Waals surface area contributed by atoms with Crippen LogP contribution >= 0.6 is 11.3 Å². The van der Waals surface area contributed by atoms with Gasteiger partial charge in [0.2, 0.25) is 6.79 Å². The monoisotopic (exact) mass is 566 g/mol. The number of aliphatic carboxylic acids is 1. The number of nitro groups is 1. The number of carbonyl (C=O) groups is 3. The number of carboxylic acid groups (broad SMARTS) is 1. The van der Waals surface area contributed by atoms with Gasteiger partial charge in [0.05, 0.1) is 17.4 Å². The van der Waals surface area contributed by atoms with Crippen LogP contribution in [-0.2, 0) is 4.79 Å². The molecule has 2 aliphatic heterocycles. The van der Waals surface area contributed by atoms with Gasteiger partial charge < -0.3 is 29.7 Å². The summed E-state index contributed by atoms with van der Waals surface area (Å²) >= 11 is 1.31. The first kappa shape index (κ1) is 26.9. The number of nitro benzene ring substituents is 1. The maximum atomic E-state index is 13.2. The second-order valence-electron chi connectivity index (χ2n) is 9.30. The van der Waals surface area contributed by atoms with Gasteiger partial charge in [0, 0.05) is 48.2 Å². The van der Waals surface area contributed by atoms with Crippen LogP contribution in [-0.4, -0.2) is 65.7 Å². The van der Waals surface area contributed by atoms with Gasteiger partial charge in [0.1, 0.15) is 5.69 Å². The molecule has 2 amide bonds. The van der Waals surface area contributed by atoms with Crippen LogP contribution < -0.4 is 19.7 Å². The van der Waals surface area contributed by atoms with E-state index in [0.717, 1.165) is 0 Å². The quantitative estimate of drug-likeness (QED) is 0.307. The van der Waals surface area contributed by atoms with E-state index < -0.39 is 22.8 Å². The molecule has 1 fully saturated rings. The predicted octanol–water partition coefficient (Wildman–Crippen LogP) is 3.68. The molecule has 208 valence electrons. The third kappa shape index (κ3) is 5.83. The number of benzene rings is 2. The summed E-state index contributed by atoms with van der Waals surface area (Å²) in [5, 5.41) is 25.7. The molecule has 0 saturated carbocycles. The first-order valence-electron chi connectivity index (χ1n) is 12.6. The number of rotatable bonds is 8. The van der Waals surface area contributed by atoms with Crippen LogP contribution in [0.25, 0.3) is 0 Å². The van der Waals surface area contributed by atoms with Gasteiger partial charge in [-0.3, -0.25) is 24.5 Å². The Morgan fingerprint density at radius 1 is 1.02 bits per heavy atom. The van der Waals surface area contributed by atoms with Crippen LogP contribution in [0.4, 0.5) is 11.4 Å². The van der Waals surface area contributed by atoms with Crippen molar-refractivity contribution in [2.24, 2.45) is 0 Å². The first-order chi connectivity index (χ1) is 19.3. The fraction of sp³-hybridized carbons (Fsp3) is 0.296. The molecule has 1 saturated heterocycles. The molecular weight excluding hydrogens is 540 g/mol. The number of hydrogen-bond acceptors (Lipinski definition) is 9. The Balaban J connectivity index is 1.30. The van der Waals surface area contributed by atoms with Crippen LogP contribution in [0.15, 0.2) is 53.9 Å². The highest BCUT2D eigenvalue weighted by atomic mass is 32.1. The van der Waals surface area contributed by atoms with E-state index in [-0.39, 0.29) is 30.4 Å². The summed E-state index contributed by atoms with van der Waals surface area (Å²) in [5.41, 5.74) is 0.632. The second-order valence-corrected chi connectivity index (χ2v) is 10.3. The third-order valence-electron chi connectivity index (χ3n) is 6.75. The smallest absolute Gasteiger partial charge is 0.305 e. The van der Waals surface area contributed by atoms with Crippen molar-refractivity contribution >= 4 is 40.5 Å². The van der Waals surface area contributed by atoms with Crippen molar-refractivity contribution in [2.75, 3.05) is 37.9 Å². The number of nitrogens with one attached hydrogen (secondary N) is 1. The fourth-order valence-electron chi connectivity index (χ4n) is 4.78. The Morgan fingerprint density at radius 3 is 2.58 bits per heavy atom. The minimum Gasteiger partial charge on any atom is -0.481 e. The normalized spacial score (nSPS) is 15.3. The Hall–Kier alpha value is -4.65. The van der Waals surface area contributed by atoms with Gasteiger partial charge in [0.25, 0.3) is 17.5 Å². The molecule has 2 aromatic carbocycles. The fourth-order valence-corrected chi connectivity index (χ4v) is 5.56. The van der Waals surface area contributed by atoms with Crippen molar-refractivity contribution in [3.63, 3.8) is 0 Å². The van der Waals surface area contributed by atoms with Gasteiger partial charge in [-0.2, -0.15) is 0 Å². The van der Waals surface area contributed by atoms with Crippen LogP contribution in [0.1, 0.15) is 44.5 Å². The van der Waals surface area contributed by atoms with E-state index in [0.29, 0.717) is 60.2 Å². The summed E-state index contributed by atoms with van der Waals surface area (Å²) in [7, 11) is 0. The van der Waals surface area contributed by atoms with Gasteiger partial charge in [-0.1, -0.05) is 6.07 Å². The molecule has 40 heavy (non-hydrogen) atoms. The number of ether oxygens (including phenoxy) is 2. The third-order valence-corrected chi connectivity index (χ3v) is 7.73. The van der Waals surface area contributed by atoms with Crippen molar-refractivity contribution in [2.45, 2.75) is 18.9 Å². The van der Waals surface area contributed by atoms with Gasteiger partial charge in [-0.25, -0.2) is 0 Å². The van der Waals surface area contributed by atoms with Gasteiger partial charge in [0.15, 0.2) is 11.5 Å². The Morgan fingerprint density at radius 2 is 1.82 bits per heavy atom. The summed E-state index contributed by atoms with van der Waals surface area (Å²) in [5.74, 6) is -0.736. The van der Waals surface area contributed by atoms with E-state index in [9.17, 15) is 29.6 Å². The number of amides is 2. The first-order valence-corrected chi connectivity index (χ1v) is 13.5. The molecule has 3 heterocycles. The van der Waals surface area contributed by atoms with E-state index >= 15 is 0 Å². The number of fused-ring (bicyclic) bond motifs is 1. The van der Waals surface area contributed by atoms with E-state index in [2.05, 4.69) is 5.32 Å². The van der Waals surface area contributed by atoms with E-state index in [4.69, 9.17) is 9.47 Å². The number of anilines is 1. The van der Waals surface area contributed by atoms with Gasteiger partial charge in [-0.15, -0.1) is 11.3 Å². The summed E-state index contributed by atoms with van der Waals surface area (Å²) in [6, 6.07) is 12.0. The number of hydrogen-bond donors (Lipinski definition) is 2. The SMILES string of the molecule is O=C(O)CC(NC(=O)c1ccc(N2CCCN(C(=O)c3ccc4c(c3)OCO4)CC2)c([N+](=O)[O-])c1)c1cccs1. The topological polar surface area (TPSA) is 152 Å². The lowest BCUT2D eigenvalue weighted by Crippen LogP contribution is -2.35. The largest absolute Gasteiger partial charge is 0.481 e. The number of carbonyl (C=O) groups excluding carboxylic acids is 2. The summed E-state index contributed by atoms with van der Waals surface area (Å²) in [6.07, 6.45) is 0.273. The summed E-state index contributed by atoms with van der Waals surface area (Å²) in [6.45, 7) is 1.79. The molecule has 0 bridgehead atoms. The van der Waals surface area contributed by atoms with Crippen molar-refractivity contribution in [1.82, 2.24) is 10.2 Å². The molecule has 3 aromatic rings. The van der Waals surface area contributed by atoms with Gasteiger partial charge >= 0.3 is 5.97 Å². The maximum Gasteiger partial charge on any atom is 0.305 e. The maximum absolute atomic E-state index is 13.2. The van der Waals surface area contributed by atoms with Crippen LogP contribution in [0.3, 0.4) is 0 Å². The van der Waals surface area contributed by atoms with Crippen LogP contribution in [0, 0.1) is 10.1 Å². The molecule has 12 nitrogen and oxygen atoms in total. The Labute approximate surface area is 232 Å². The van der Waals surface area contributed by atoms with E-state index in [1.54, 1.807) is 40.6 Å². The zero-order valence-electron chi connectivity index (χ0n) is 21.3. The molecule has 1 aromatic heterocycles. The van der Waals surface area contributed by atoms with Crippen LogP contribution in [0.2, 0.25) is 0 Å². The van der Waals surface area contributed by atoms with Crippen LogP contribution in [0.5, 0.6) is 11.5 Å². The van der Waals surface area contributed by atoms with Crippen molar-refractivity contribution in [3.05, 3.63) is 80.0 Å². The molecule has 0 spiro atoms. The van der Waals surface area contributed by atoms with Crippen molar-refractivity contribution < 1.29 is 33.9 Å². The standard InChI is InChI=1S/C27H26N4O8S/c32-25(33)15-19(24-3-1-12-40-24)28-26(34)17-4-6-20(21(13-17)31(36)37)29-8-2-9-30(11-10-29)27(35)18-5-7-22-23(14-18)39-16-38-22/h1,3-7,12-14,19H,2,8-11,15-16H2,(H,28,34)(H,32,33). The highest BCUT2D eigenvalue weighted by Crippen LogP contribution is 2.34.